The minimum Gasteiger partial charge on any atom is -0.490 e. The van der Waals surface area contributed by atoms with Crippen LogP contribution in [0.5, 0.6) is 11.5 Å². The number of rotatable bonds is 5. The van der Waals surface area contributed by atoms with E-state index in [9.17, 15) is 0 Å². The summed E-state index contributed by atoms with van der Waals surface area (Å²) in [5.41, 5.74) is 0.621. The van der Waals surface area contributed by atoms with Crippen molar-refractivity contribution in [2.24, 2.45) is 0 Å². The zero-order valence-electron chi connectivity index (χ0n) is 8.56. The molecule has 0 bridgehead atoms. The molecule has 0 heterocycles. The van der Waals surface area contributed by atoms with E-state index in [0.29, 0.717) is 23.7 Å². The van der Waals surface area contributed by atoms with E-state index in [-0.39, 0.29) is 13.2 Å². The van der Waals surface area contributed by atoms with Gasteiger partial charge in [-0.05, 0) is 13.0 Å². The lowest BCUT2D eigenvalue weighted by Crippen LogP contribution is -2.02. The Morgan fingerprint density at radius 1 is 1.40 bits per heavy atom. The van der Waals surface area contributed by atoms with E-state index in [1.807, 2.05) is 13.0 Å². The lowest BCUT2D eigenvalue weighted by Gasteiger charge is -2.12. The quantitative estimate of drug-likeness (QED) is 0.794. The summed E-state index contributed by atoms with van der Waals surface area (Å²) in [4.78, 5) is 0. The van der Waals surface area contributed by atoms with Crippen LogP contribution in [0.25, 0.3) is 0 Å². The van der Waals surface area contributed by atoms with Gasteiger partial charge in [-0.15, -0.1) is 0 Å². The molecule has 0 amide bonds. The number of ether oxygens (including phenoxy) is 2. The molecule has 15 heavy (non-hydrogen) atoms. The Morgan fingerprint density at radius 3 is 2.80 bits per heavy atom. The number of hydrogen-bond acceptors (Lipinski definition) is 4. The number of hydrogen-bond donors (Lipinski definition) is 1. The molecule has 0 aromatic heterocycles. The Hall–Kier alpha value is -1.73. The summed E-state index contributed by atoms with van der Waals surface area (Å²) in [6.45, 7) is 2.18. The normalized spacial score (nSPS) is 9.40. The summed E-state index contributed by atoms with van der Waals surface area (Å²) in [7, 11) is 0. The highest BCUT2D eigenvalue weighted by atomic mass is 16.5. The number of benzene rings is 1. The van der Waals surface area contributed by atoms with Crippen LogP contribution in [0.15, 0.2) is 18.2 Å². The highest BCUT2D eigenvalue weighted by molar-refractivity contribution is 5.46. The van der Waals surface area contributed by atoms with Crippen molar-refractivity contribution in [3.63, 3.8) is 0 Å². The van der Waals surface area contributed by atoms with Crippen molar-refractivity contribution >= 4 is 0 Å². The van der Waals surface area contributed by atoms with Crippen molar-refractivity contribution < 1.29 is 14.6 Å². The van der Waals surface area contributed by atoms with Gasteiger partial charge < -0.3 is 14.6 Å². The van der Waals surface area contributed by atoms with Gasteiger partial charge in [0, 0.05) is 5.56 Å². The number of nitriles is 1. The molecule has 0 saturated heterocycles. The van der Waals surface area contributed by atoms with Crippen molar-refractivity contribution in [3.8, 4) is 17.6 Å². The molecule has 1 N–H and O–H groups in total. The SMILES string of the molecule is CCOc1cccc(CO)c1OCC#N. The Kier molecular flexibility index (Phi) is 4.45. The van der Waals surface area contributed by atoms with Crippen LogP contribution >= 0.6 is 0 Å². The number of aliphatic hydroxyl groups excluding tert-OH is 1. The lowest BCUT2D eigenvalue weighted by atomic mass is 10.2. The topological polar surface area (TPSA) is 62.5 Å². The van der Waals surface area contributed by atoms with Gasteiger partial charge in [0.15, 0.2) is 18.1 Å². The van der Waals surface area contributed by atoms with E-state index in [1.54, 1.807) is 18.2 Å². The second-order valence-electron chi connectivity index (χ2n) is 2.78. The molecule has 0 fully saturated rings. The van der Waals surface area contributed by atoms with Crippen molar-refractivity contribution in [1.82, 2.24) is 0 Å². The monoisotopic (exact) mass is 207 g/mol. The maximum Gasteiger partial charge on any atom is 0.174 e. The average Bonchev–Trinajstić information content (AvgIpc) is 2.27. The Bertz CT molecular complexity index is 357. The van der Waals surface area contributed by atoms with Gasteiger partial charge in [0.25, 0.3) is 0 Å². The third kappa shape index (κ3) is 2.86. The maximum atomic E-state index is 9.09. The fourth-order valence-electron chi connectivity index (χ4n) is 1.22. The van der Waals surface area contributed by atoms with Gasteiger partial charge in [-0.1, -0.05) is 12.1 Å². The summed E-state index contributed by atoms with van der Waals surface area (Å²) in [5, 5.41) is 17.5. The molecule has 0 radical (unpaired) electrons. The van der Waals surface area contributed by atoms with Crippen LogP contribution in [0.1, 0.15) is 12.5 Å². The number of aliphatic hydroxyl groups is 1. The molecule has 80 valence electrons. The van der Waals surface area contributed by atoms with Crippen LogP contribution in [-0.4, -0.2) is 18.3 Å². The molecule has 0 aliphatic heterocycles. The van der Waals surface area contributed by atoms with Crippen molar-refractivity contribution in [2.75, 3.05) is 13.2 Å². The molecular weight excluding hydrogens is 194 g/mol. The summed E-state index contributed by atoms with van der Waals surface area (Å²) in [5.74, 6) is 1.00. The lowest BCUT2D eigenvalue weighted by molar-refractivity contribution is 0.260. The first-order valence-corrected chi connectivity index (χ1v) is 4.68. The van der Waals surface area contributed by atoms with E-state index < -0.39 is 0 Å². The molecule has 4 heteroatoms. The minimum absolute atomic E-state index is 0.0584. The first kappa shape index (κ1) is 11.3. The second kappa shape index (κ2) is 5.89. The van der Waals surface area contributed by atoms with E-state index >= 15 is 0 Å². The summed E-state index contributed by atoms with van der Waals surface area (Å²) >= 11 is 0. The molecule has 0 unspecified atom stereocenters. The smallest absolute Gasteiger partial charge is 0.174 e. The van der Waals surface area contributed by atoms with E-state index in [2.05, 4.69) is 0 Å². The molecule has 1 aromatic rings. The van der Waals surface area contributed by atoms with E-state index in [0.717, 1.165) is 0 Å². The van der Waals surface area contributed by atoms with Gasteiger partial charge in [0.1, 0.15) is 6.07 Å². The summed E-state index contributed by atoms with van der Waals surface area (Å²) in [6, 6.07) is 7.13. The first-order valence-electron chi connectivity index (χ1n) is 4.68. The molecule has 1 rings (SSSR count). The predicted octanol–water partition coefficient (Wildman–Crippen LogP) is 1.48. The molecular formula is C11H13NO3. The van der Waals surface area contributed by atoms with E-state index in [4.69, 9.17) is 19.8 Å². The predicted molar refractivity (Wildman–Crippen MR) is 54.6 cm³/mol. The van der Waals surface area contributed by atoms with Crippen LogP contribution in [-0.2, 0) is 6.61 Å². The minimum atomic E-state index is -0.137. The highest BCUT2D eigenvalue weighted by Crippen LogP contribution is 2.31. The molecule has 1 aromatic carbocycles. The number of para-hydroxylation sites is 1. The van der Waals surface area contributed by atoms with Crippen LogP contribution < -0.4 is 9.47 Å². The number of nitrogens with zero attached hydrogens (tertiary/aromatic N) is 1. The second-order valence-corrected chi connectivity index (χ2v) is 2.78. The molecule has 0 aliphatic rings. The van der Waals surface area contributed by atoms with Gasteiger partial charge in [0.05, 0.1) is 13.2 Å². The van der Waals surface area contributed by atoms with Crippen LogP contribution in [0.3, 0.4) is 0 Å². The van der Waals surface area contributed by atoms with Crippen LogP contribution in [0.4, 0.5) is 0 Å². The Labute approximate surface area is 88.7 Å². The Morgan fingerprint density at radius 2 is 2.20 bits per heavy atom. The average molecular weight is 207 g/mol. The van der Waals surface area contributed by atoms with E-state index in [1.165, 1.54) is 0 Å². The fourth-order valence-corrected chi connectivity index (χ4v) is 1.22. The van der Waals surface area contributed by atoms with Gasteiger partial charge in [0.2, 0.25) is 0 Å². The van der Waals surface area contributed by atoms with Gasteiger partial charge in [-0.2, -0.15) is 5.26 Å². The van der Waals surface area contributed by atoms with Gasteiger partial charge in [-0.25, -0.2) is 0 Å². The van der Waals surface area contributed by atoms with Gasteiger partial charge >= 0.3 is 0 Å². The summed E-state index contributed by atoms with van der Waals surface area (Å²) in [6.07, 6.45) is 0. The summed E-state index contributed by atoms with van der Waals surface area (Å²) < 4.78 is 10.5. The maximum absolute atomic E-state index is 9.09. The largest absolute Gasteiger partial charge is 0.490 e. The van der Waals surface area contributed by atoms with Gasteiger partial charge in [-0.3, -0.25) is 0 Å². The van der Waals surface area contributed by atoms with Crippen LogP contribution in [0.2, 0.25) is 0 Å². The molecule has 0 atom stereocenters. The fraction of sp³-hybridized carbons (Fsp3) is 0.364. The standard InChI is InChI=1S/C11H13NO3/c1-2-14-10-5-3-4-9(8-13)11(10)15-7-6-12/h3-5,13H,2,7-8H2,1H3. The third-order valence-corrected chi connectivity index (χ3v) is 1.81. The zero-order valence-corrected chi connectivity index (χ0v) is 8.56. The first-order chi connectivity index (χ1) is 7.33. The van der Waals surface area contributed by atoms with Crippen molar-refractivity contribution in [1.29, 1.82) is 5.26 Å². The molecule has 0 spiro atoms. The van der Waals surface area contributed by atoms with Crippen LogP contribution in [0, 0.1) is 11.3 Å². The Balaban J connectivity index is 2.98. The van der Waals surface area contributed by atoms with Crippen molar-refractivity contribution in [3.05, 3.63) is 23.8 Å². The molecule has 0 saturated carbocycles. The molecule has 4 nitrogen and oxygen atoms in total. The highest BCUT2D eigenvalue weighted by Gasteiger charge is 2.09. The van der Waals surface area contributed by atoms with Crippen molar-refractivity contribution in [2.45, 2.75) is 13.5 Å². The molecule has 0 aliphatic carbocycles. The zero-order chi connectivity index (χ0) is 11.1. The third-order valence-electron chi connectivity index (χ3n) is 1.81.